The van der Waals surface area contributed by atoms with Gasteiger partial charge in [0.15, 0.2) is 0 Å². The molecule has 3 unspecified atom stereocenters. The van der Waals surface area contributed by atoms with Crippen molar-refractivity contribution in [2.75, 3.05) is 26.4 Å². The molecule has 52 valence electrons. The summed E-state index contributed by atoms with van der Waals surface area (Å²) in [6, 6.07) is 0. The van der Waals surface area contributed by atoms with Crippen LogP contribution in [0.25, 0.3) is 0 Å². The summed E-state index contributed by atoms with van der Waals surface area (Å²) >= 11 is 0. The Labute approximate surface area is 57.1 Å². The van der Waals surface area contributed by atoms with Crippen molar-refractivity contribution in [2.24, 2.45) is 5.92 Å². The zero-order valence-corrected chi connectivity index (χ0v) is 6.60. The molecular weight excluding hydrogens is 133 g/mol. The maximum atomic E-state index is 5.56. The highest BCUT2D eigenvalue weighted by molar-refractivity contribution is 7.49. The predicted octanol–water partition coefficient (Wildman–Crippen LogP) is 1.28. The first kappa shape index (κ1) is 6.09. The molecule has 0 aliphatic carbocycles. The number of nitrogens with zero attached hydrogens (tertiary/aromatic N) is 1. The molecule has 9 heavy (non-hydrogen) atoms. The van der Waals surface area contributed by atoms with Gasteiger partial charge in [0.05, 0.1) is 6.61 Å². The summed E-state index contributed by atoms with van der Waals surface area (Å²) in [6.45, 7) is 5.82. The molecule has 2 rings (SSSR count). The zero-order valence-electron chi connectivity index (χ0n) is 5.71. The van der Waals surface area contributed by atoms with E-state index in [0.29, 0.717) is 0 Å². The smallest absolute Gasteiger partial charge is 0.101 e. The Kier molecular flexibility index (Phi) is 1.48. The highest BCUT2D eigenvalue weighted by Gasteiger charge is 2.31. The average molecular weight is 145 g/mol. The van der Waals surface area contributed by atoms with Gasteiger partial charge in [-0.2, -0.15) is 0 Å². The lowest BCUT2D eigenvalue weighted by atomic mass is 10.1. The van der Waals surface area contributed by atoms with Crippen molar-refractivity contribution in [1.29, 1.82) is 0 Å². The molecule has 0 aromatic heterocycles. The standard InChI is InChI=1S/C6H12NOP/c1-9-7-3-2-6(4-7)5-8-9/h6H,2-5H2,1H3. The molecule has 0 aromatic carbocycles. The molecule has 0 spiro atoms. The summed E-state index contributed by atoms with van der Waals surface area (Å²) in [6.07, 6.45) is 1.37. The molecule has 2 fully saturated rings. The van der Waals surface area contributed by atoms with E-state index in [1.54, 1.807) is 0 Å². The summed E-state index contributed by atoms with van der Waals surface area (Å²) in [4.78, 5) is 0. The normalized spacial score (nSPS) is 49.7. The molecule has 0 saturated carbocycles. The predicted molar refractivity (Wildman–Crippen MR) is 38.5 cm³/mol. The third kappa shape index (κ3) is 1.000. The van der Waals surface area contributed by atoms with Gasteiger partial charge in [0, 0.05) is 13.1 Å². The van der Waals surface area contributed by atoms with Gasteiger partial charge in [0.1, 0.15) is 8.30 Å². The Hall–Kier alpha value is 0.350. The maximum Gasteiger partial charge on any atom is 0.101 e. The zero-order chi connectivity index (χ0) is 6.27. The first-order valence-electron chi connectivity index (χ1n) is 3.48. The van der Waals surface area contributed by atoms with E-state index < -0.39 is 0 Å². The van der Waals surface area contributed by atoms with Crippen molar-refractivity contribution in [3.05, 3.63) is 0 Å². The topological polar surface area (TPSA) is 12.5 Å². The minimum atomic E-state index is -0.180. The van der Waals surface area contributed by atoms with E-state index in [4.69, 9.17) is 4.52 Å². The quantitative estimate of drug-likeness (QED) is 0.476. The molecular formula is C6H12NOP. The fraction of sp³-hybridized carbons (Fsp3) is 1.00. The molecule has 2 bridgehead atoms. The molecule has 2 aliphatic heterocycles. The van der Waals surface area contributed by atoms with E-state index in [0.717, 1.165) is 12.5 Å². The van der Waals surface area contributed by atoms with Crippen molar-refractivity contribution < 1.29 is 4.52 Å². The monoisotopic (exact) mass is 145 g/mol. The van der Waals surface area contributed by atoms with Crippen LogP contribution in [-0.2, 0) is 4.52 Å². The summed E-state index contributed by atoms with van der Waals surface area (Å²) in [5, 5.41) is 0. The van der Waals surface area contributed by atoms with Crippen molar-refractivity contribution in [1.82, 2.24) is 4.67 Å². The molecule has 2 heterocycles. The molecule has 0 amide bonds. The van der Waals surface area contributed by atoms with Crippen LogP contribution in [0, 0.1) is 5.92 Å². The van der Waals surface area contributed by atoms with E-state index in [2.05, 4.69) is 11.3 Å². The van der Waals surface area contributed by atoms with E-state index in [1.807, 2.05) is 0 Å². The minimum Gasteiger partial charge on any atom is -0.343 e. The van der Waals surface area contributed by atoms with Gasteiger partial charge in [-0.25, -0.2) is 0 Å². The van der Waals surface area contributed by atoms with Gasteiger partial charge in [0.2, 0.25) is 0 Å². The van der Waals surface area contributed by atoms with Crippen LogP contribution in [0.2, 0.25) is 0 Å². The van der Waals surface area contributed by atoms with Crippen LogP contribution in [0.1, 0.15) is 6.42 Å². The number of hydrogen-bond acceptors (Lipinski definition) is 2. The molecule has 0 aromatic rings. The number of hydrogen-bond donors (Lipinski definition) is 0. The highest BCUT2D eigenvalue weighted by atomic mass is 31.2. The summed E-state index contributed by atoms with van der Waals surface area (Å²) in [7, 11) is -0.180. The van der Waals surface area contributed by atoms with E-state index in [9.17, 15) is 0 Å². The van der Waals surface area contributed by atoms with Gasteiger partial charge in [-0.15, -0.1) is 0 Å². The van der Waals surface area contributed by atoms with Gasteiger partial charge in [-0.1, -0.05) is 0 Å². The summed E-state index contributed by atoms with van der Waals surface area (Å²) in [5.74, 6) is 0.865. The number of fused-ring (bicyclic) bond motifs is 2. The van der Waals surface area contributed by atoms with Crippen LogP contribution in [0.15, 0.2) is 0 Å². The number of rotatable bonds is 0. The lowest BCUT2D eigenvalue weighted by molar-refractivity contribution is 0.236. The summed E-state index contributed by atoms with van der Waals surface area (Å²) < 4.78 is 8.03. The third-order valence-corrected chi connectivity index (χ3v) is 3.84. The Balaban J connectivity index is 2.05. The van der Waals surface area contributed by atoms with Crippen molar-refractivity contribution in [3.8, 4) is 0 Å². The van der Waals surface area contributed by atoms with Crippen LogP contribution >= 0.6 is 8.30 Å². The van der Waals surface area contributed by atoms with Crippen LogP contribution in [0.4, 0.5) is 0 Å². The van der Waals surface area contributed by atoms with E-state index in [-0.39, 0.29) is 8.30 Å². The van der Waals surface area contributed by atoms with E-state index >= 15 is 0 Å². The second-order valence-electron chi connectivity index (χ2n) is 2.83. The van der Waals surface area contributed by atoms with Crippen molar-refractivity contribution in [2.45, 2.75) is 6.42 Å². The first-order valence-corrected chi connectivity index (χ1v) is 5.14. The van der Waals surface area contributed by atoms with Gasteiger partial charge >= 0.3 is 0 Å². The SMILES string of the molecule is CP1OCC2CCN1C2. The Morgan fingerprint density at radius 2 is 2.56 bits per heavy atom. The molecule has 2 saturated heterocycles. The maximum absolute atomic E-state index is 5.56. The average Bonchev–Trinajstić information content (AvgIpc) is 2.25. The van der Waals surface area contributed by atoms with Crippen LogP contribution < -0.4 is 0 Å². The molecule has 0 radical (unpaired) electrons. The Morgan fingerprint density at radius 3 is 3.33 bits per heavy atom. The molecule has 0 N–H and O–H groups in total. The lowest BCUT2D eigenvalue weighted by Crippen LogP contribution is -2.22. The fourth-order valence-electron chi connectivity index (χ4n) is 1.50. The van der Waals surface area contributed by atoms with Gasteiger partial charge in [-0.3, -0.25) is 4.67 Å². The second-order valence-corrected chi connectivity index (χ2v) is 4.58. The Bertz CT molecular complexity index is 120. The summed E-state index contributed by atoms with van der Waals surface area (Å²) in [5.41, 5.74) is 0. The van der Waals surface area contributed by atoms with Gasteiger partial charge in [0.25, 0.3) is 0 Å². The van der Waals surface area contributed by atoms with E-state index in [1.165, 1.54) is 19.5 Å². The first-order chi connectivity index (χ1) is 4.36. The van der Waals surface area contributed by atoms with Crippen LogP contribution in [0.3, 0.4) is 0 Å². The van der Waals surface area contributed by atoms with Crippen LogP contribution in [-0.4, -0.2) is 31.0 Å². The minimum absolute atomic E-state index is 0.180. The molecule has 3 heteroatoms. The Morgan fingerprint density at radius 1 is 1.67 bits per heavy atom. The van der Waals surface area contributed by atoms with Gasteiger partial charge in [-0.05, 0) is 19.0 Å². The highest BCUT2D eigenvalue weighted by Crippen LogP contribution is 2.46. The van der Waals surface area contributed by atoms with Gasteiger partial charge < -0.3 is 4.52 Å². The van der Waals surface area contributed by atoms with Crippen molar-refractivity contribution >= 4 is 8.30 Å². The molecule has 2 nitrogen and oxygen atoms in total. The molecule has 2 aliphatic rings. The van der Waals surface area contributed by atoms with Crippen molar-refractivity contribution in [3.63, 3.8) is 0 Å². The third-order valence-electron chi connectivity index (χ3n) is 2.16. The second kappa shape index (κ2) is 2.19. The fourth-order valence-corrected chi connectivity index (χ4v) is 2.95. The largest absolute Gasteiger partial charge is 0.343 e. The molecule has 3 atom stereocenters. The lowest BCUT2D eigenvalue weighted by Gasteiger charge is -2.28. The van der Waals surface area contributed by atoms with Crippen LogP contribution in [0.5, 0.6) is 0 Å².